The van der Waals surface area contributed by atoms with Crippen LogP contribution < -0.4 is 5.56 Å². The Morgan fingerprint density at radius 2 is 2.18 bits per heavy atom. The van der Waals surface area contributed by atoms with Crippen molar-refractivity contribution in [2.75, 3.05) is 0 Å². The lowest BCUT2D eigenvalue weighted by Crippen LogP contribution is -2.18. The Morgan fingerprint density at radius 3 is 2.82 bits per heavy atom. The quantitative estimate of drug-likeness (QED) is 0.842. The summed E-state index contributed by atoms with van der Waals surface area (Å²) in [5, 5.41) is 10.0. The van der Waals surface area contributed by atoms with Crippen LogP contribution in [0.4, 0.5) is 0 Å². The first-order chi connectivity index (χ1) is 8.13. The second kappa shape index (κ2) is 4.72. The second-order valence-corrected chi connectivity index (χ2v) is 4.46. The third kappa shape index (κ3) is 2.25. The summed E-state index contributed by atoms with van der Waals surface area (Å²) in [6.45, 7) is -0.0791. The second-order valence-electron chi connectivity index (χ2n) is 3.50. The fraction of sp³-hybridized carbons (Fsp3) is 0.300. The first kappa shape index (κ1) is 11.9. The van der Waals surface area contributed by atoms with Crippen LogP contribution in [0.2, 0.25) is 0 Å². The van der Waals surface area contributed by atoms with E-state index in [1.54, 1.807) is 37.3 Å². The van der Waals surface area contributed by atoms with E-state index in [9.17, 15) is 4.79 Å². The van der Waals surface area contributed by atoms with Crippen molar-refractivity contribution in [3.05, 3.63) is 34.6 Å². The van der Waals surface area contributed by atoms with E-state index < -0.39 is 0 Å². The van der Waals surface area contributed by atoms with Gasteiger partial charge in [-0.3, -0.25) is 4.79 Å². The van der Waals surface area contributed by atoms with Crippen molar-refractivity contribution in [1.29, 1.82) is 0 Å². The monoisotopic (exact) mass is 252 g/mol. The lowest BCUT2D eigenvalue weighted by atomic mass is 10.5. The van der Waals surface area contributed by atoms with Crippen LogP contribution in [0.3, 0.4) is 0 Å². The van der Waals surface area contributed by atoms with Gasteiger partial charge in [0.15, 0.2) is 10.2 Å². The number of hydrogen-bond acceptors (Lipinski definition) is 5. The Bertz CT molecular complexity index is 590. The smallest absolute Gasteiger partial charge is 0.283 e. The summed E-state index contributed by atoms with van der Waals surface area (Å²) in [5.41, 5.74) is 0.534. The predicted octanol–water partition coefficient (Wildman–Crippen LogP) is 0.157. The topological polar surface area (TPSA) is 72.9 Å². The van der Waals surface area contributed by atoms with Gasteiger partial charge in [-0.25, -0.2) is 9.97 Å². The zero-order chi connectivity index (χ0) is 12.4. The van der Waals surface area contributed by atoms with Crippen LogP contribution in [0.25, 0.3) is 0 Å². The molecule has 2 aromatic rings. The molecule has 0 aliphatic heterocycles. The summed E-state index contributed by atoms with van der Waals surface area (Å²) in [7, 11) is 3.46. The van der Waals surface area contributed by atoms with Crippen LogP contribution in [0.1, 0.15) is 5.69 Å². The van der Waals surface area contributed by atoms with E-state index >= 15 is 0 Å². The molecule has 0 amide bonds. The number of aliphatic hydroxyl groups is 1. The van der Waals surface area contributed by atoms with Gasteiger partial charge in [-0.1, -0.05) is 0 Å². The molecule has 7 heteroatoms. The van der Waals surface area contributed by atoms with Gasteiger partial charge >= 0.3 is 0 Å². The summed E-state index contributed by atoms with van der Waals surface area (Å²) in [5.74, 6) is 0. The molecule has 0 aromatic carbocycles. The van der Waals surface area contributed by atoms with E-state index in [0.29, 0.717) is 15.9 Å². The molecule has 17 heavy (non-hydrogen) atoms. The molecule has 6 nitrogen and oxygen atoms in total. The summed E-state index contributed by atoms with van der Waals surface area (Å²) < 4.78 is 3.20. The molecule has 1 N–H and O–H groups in total. The number of aryl methyl sites for hydroxylation is 1. The van der Waals surface area contributed by atoms with Gasteiger partial charge < -0.3 is 14.2 Å². The molecule has 0 radical (unpaired) electrons. The van der Waals surface area contributed by atoms with Crippen molar-refractivity contribution in [2.24, 2.45) is 14.1 Å². The largest absolute Gasteiger partial charge is 0.390 e. The number of aliphatic hydroxyl groups excluding tert-OH is 1. The van der Waals surface area contributed by atoms with Crippen molar-refractivity contribution in [1.82, 2.24) is 19.1 Å². The Balaban J connectivity index is 2.35. The van der Waals surface area contributed by atoms with Gasteiger partial charge in [-0.2, -0.15) is 0 Å². The maximum atomic E-state index is 11.8. The summed E-state index contributed by atoms with van der Waals surface area (Å²) in [6, 6.07) is 0. The highest BCUT2D eigenvalue weighted by atomic mass is 32.2. The van der Waals surface area contributed by atoms with Crippen molar-refractivity contribution in [2.45, 2.75) is 16.8 Å². The van der Waals surface area contributed by atoms with Gasteiger partial charge in [0.1, 0.15) is 0 Å². The summed E-state index contributed by atoms with van der Waals surface area (Å²) in [6.07, 6.45) is 4.75. The van der Waals surface area contributed by atoms with Crippen LogP contribution in [0, 0.1) is 0 Å². The number of aromatic nitrogens is 4. The molecule has 90 valence electrons. The van der Waals surface area contributed by atoms with Gasteiger partial charge in [-0.05, 0) is 11.8 Å². The van der Waals surface area contributed by atoms with Crippen LogP contribution in [0.5, 0.6) is 0 Å². The number of nitrogens with zero attached hydrogens (tertiary/aromatic N) is 4. The van der Waals surface area contributed by atoms with Gasteiger partial charge in [0.05, 0.1) is 18.5 Å². The third-order valence-corrected chi connectivity index (χ3v) is 3.41. The van der Waals surface area contributed by atoms with Crippen molar-refractivity contribution in [3.63, 3.8) is 0 Å². The minimum absolute atomic E-state index is 0.0791. The van der Waals surface area contributed by atoms with Crippen LogP contribution in [-0.2, 0) is 20.7 Å². The van der Waals surface area contributed by atoms with Crippen molar-refractivity contribution >= 4 is 11.8 Å². The fourth-order valence-corrected chi connectivity index (χ4v) is 2.18. The first-order valence-electron chi connectivity index (χ1n) is 4.94. The molecule has 0 aliphatic carbocycles. The molecule has 0 bridgehead atoms. The molecular formula is C10H12N4O2S. The molecule has 0 saturated heterocycles. The zero-order valence-electron chi connectivity index (χ0n) is 9.49. The highest BCUT2D eigenvalue weighted by Gasteiger charge is 2.11. The molecule has 0 saturated carbocycles. The van der Waals surface area contributed by atoms with E-state index in [-0.39, 0.29) is 12.2 Å². The lowest BCUT2D eigenvalue weighted by molar-refractivity contribution is 0.271. The van der Waals surface area contributed by atoms with Gasteiger partial charge in [0.2, 0.25) is 0 Å². The highest BCUT2D eigenvalue weighted by Crippen LogP contribution is 2.22. The molecule has 2 aromatic heterocycles. The van der Waals surface area contributed by atoms with Crippen LogP contribution in [0.15, 0.2) is 33.6 Å². The van der Waals surface area contributed by atoms with E-state index in [1.165, 1.54) is 16.3 Å². The average molecular weight is 252 g/mol. The SMILES string of the molecule is Cn1c(CO)cnc1Sc1nccn(C)c1=O. The van der Waals surface area contributed by atoms with E-state index in [0.717, 1.165) is 0 Å². The minimum atomic E-state index is -0.161. The number of hydrogen-bond donors (Lipinski definition) is 1. The Morgan fingerprint density at radius 1 is 1.41 bits per heavy atom. The Hall–Kier alpha value is -1.60. The maximum Gasteiger partial charge on any atom is 0.283 e. The van der Waals surface area contributed by atoms with Gasteiger partial charge in [0.25, 0.3) is 5.56 Å². The predicted molar refractivity (Wildman–Crippen MR) is 62.7 cm³/mol. The van der Waals surface area contributed by atoms with Crippen LogP contribution >= 0.6 is 11.8 Å². The van der Waals surface area contributed by atoms with E-state index in [2.05, 4.69) is 9.97 Å². The maximum absolute atomic E-state index is 11.8. The van der Waals surface area contributed by atoms with E-state index in [1.807, 2.05) is 0 Å². The molecule has 2 heterocycles. The zero-order valence-corrected chi connectivity index (χ0v) is 10.3. The number of rotatable bonds is 3. The van der Waals surface area contributed by atoms with Crippen LogP contribution in [-0.4, -0.2) is 24.2 Å². The first-order valence-corrected chi connectivity index (χ1v) is 5.76. The van der Waals surface area contributed by atoms with Gasteiger partial charge in [-0.15, -0.1) is 0 Å². The summed E-state index contributed by atoms with van der Waals surface area (Å²) in [4.78, 5) is 19.9. The normalized spacial score (nSPS) is 10.8. The lowest BCUT2D eigenvalue weighted by Gasteiger charge is -2.03. The molecule has 0 aliphatic rings. The molecule has 0 unspecified atom stereocenters. The number of imidazole rings is 1. The van der Waals surface area contributed by atoms with Crippen molar-refractivity contribution < 1.29 is 5.11 Å². The minimum Gasteiger partial charge on any atom is -0.390 e. The molecule has 2 rings (SSSR count). The molecule has 0 fully saturated rings. The average Bonchev–Trinajstić information content (AvgIpc) is 2.66. The van der Waals surface area contributed by atoms with E-state index in [4.69, 9.17) is 5.11 Å². The van der Waals surface area contributed by atoms with Crippen molar-refractivity contribution in [3.8, 4) is 0 Å². The standard InChI is InChI=1S/C10H12N4O2S/c1-13-4-3-11-8(9(13)16)17-10-12-5-7(6-15)14(10)2/h3-5,15H,6H2,1-2H3. The Kier molecular flexibility index (Phi) is 3.30. The molecular weight excluding hydrogens is 240 g/mol. The molecule has 0 spiro atoms. The fourth-order valence-electron chi connectivity index (χ4n) is 1.30. The van der Waals surface area contributed by atoms with Gasteiger partial charge in [0, 0.05) is 26.5 Å². The molecule has 0 atom stereocenters. The summed E-state index contributed by atoms with van der Waals surface area (Å²) >= 11 is 1.19. The third-order valence-electron chi connectivity index (χ3n) is 2.38. The highest BCUT2D eigenvalue weighted by molar-refractivity contribution is 7.99. The Labute approximate surface area is 102 Å².